The number of carbonyl (C=O) groups is 1. The Morgan fingerprint density at radius 2 is 2.09 bits per heavy atom. The summed E-state index contributed by atoms with van der Waals surface area (Å²) in [4.78, 5) is 12.0. The van der Waals surface area contributed by atoms with Crippen molar-refractivity contribution in [3.8, 4) is 0 Å². The van der Waals surface area contributed by atoms with Gasteiger partial charge in [0.15, 0.2) is 0 Å². The quantitative estimate of drug-likeness (QED) is 0.689. The molecular weight excluding hydrogens is 294 g/mol. The normalized spacial score (nSPS) is 25.1. The van der Waals surface area contributed by atoms with Gasteiger partial charge in [-0.25, -0.2) is 4.68 Å². The van der Waals surface area contributed by atoms with Crippen molar-refractivity contribution >= 4 is 5.91 Å². The van der Waals surface area contributed by atoms with Gasteiger partial charge in [0.1, 0.15) is 5.69 Å². The fourth-order valence-electron chi connectivity index (χ4n) is 3.46. The van der Waals surface area contributed by atoms with Gasteiger partial charge in [0.25, 0.3) is 0 Å². The molecule has 23 heavy (non-hydrogen) atoms. The lowest BCUT2D eigenvalue weighted by Gasteiger charge is -2.32. The Morgan fingerprint density at radius 3 is 2.78 bits per heavy atom. The summed E-state index contributed by atoms with van der Waals surface area (Å²) in [6.07, 6.45) is 9.99. The Hall–Kier alpha value is -1.47. The summed E-state index contributed by atoms with van der Waals surface area (Å²) < 4.78 is 1.84. The van der Waals surface area contributed by atoms with Gasteiger partial charge in [0.2, 0.25) is 5.91 Å². The van der Waals surface area contributed by atoms with Crippen molar-refractivity contribution in [1.82, 2.24) is 25.6 Å². The van der Waals surface area contributed by atoms with Crippen LogP contribution in [0.5, 0.6) is 0 Å². The van der Waals surface area contributed by atoms with Crippen molar-refractivity contribution < 1.29 is 9.90 Å². The Balaban J connectivity index is 1.48. The molecule has 7 heteroatoms. The van der Waals surface area contributed by atoms with Crippen LogP contribution in [0.15, 0.2) is 6.20 Å². The smallest absolute Gasteiger partial charge is 0.233 e. The maximum Gasteiger partial charge on any atom is 0.233 e. The molecule has 0 radical (unpaired) electrons. The number of nitrogens with zero attached hydrogens (tertiary/aromatic N) is 3. The highest BCUT2D eigenvalue weighted by molar-refractivity contribution is 5.78. The molecular formula is C16H27N5O2. The molecule has 0 spiro atoms. The number of aromatic nitrogens is 3. The van der Waals surface area contributed by atoms with Crippen molar-refractivity contribution in [1.29, 1.82) is 0 Å². The van der Waals surface area contributed by atoms with E-state index in [0.717, 1.165) is 25.8 Å². The third kappa shape index (κ3) is 4.29. The first kappa shape index (κ1) is 16.4. The van der Waals surface area contributed by atoms with E-state index in [2.05, 4.69) is 20.9 Å². The molecule has 1 aromatic rings. The molecule has 2 aliphatic carbocycles. The molecule has 0 bridgehead atoms. The van der Waals surface area contributed by atoms with Crippen molar-refractivity contribution in [2.24, 2.45) is 5.92 Å². The van der Waals surface area contributed by atoms with Gasteiger partial charge >= 0.3 is 0 Å². The van der Waals surface area contributed by atoms with E-state index in [9.17, 15) is 4.79 Å². The van der Waals surface area contributed by atoms with E-state index in [1.54, 1.807) is 6.20 Å². The summed E-state index contributed by atoms with van der Waals surface area (Å²) in [7, 11) is 0. The van der Waals surface area contributed by atoms with Crippen LogP contribution in [0.1, 0.15) is 56.7 Å². The maximum absolute atomic E-state index is 12.0. The fraction of sp³-hybridized carbons (Fsp3) is 0.812. The second-order valence-electron chi connectivity index (χ2n) is 6.79. The second kappa shape index (κ2) is 7.88. The summed E-state index contributed by atoms with van der Waals surface area (Å²) in [5.74, 6) is 0.768. The van der Waals surface area contributed by atoms with Crippen LogP contribution in [0.3, 0.4) is 0 Å². The van der Waals surface area contributed by atoms with Gasteiger partial charge in [-0.05, 0) is 31.6 Å². The predicted octanol–water partition coefficient (Wildman–Crippen LogP) is 0.760. The number of nitrogens with one attached hydrogen (secondary N) is 2. The van der Waals surface area contributed by atoms with E-state index >= 15 is 0 Å². The third-order valence-electron chi connectivity index (χ3n) is 5.13. The van der Waals surface area contributed by atoms with Crippen LogP contribution in [0, 0.1) is 5.92 Å². The van der Waals surface area contributed by atoms with Crippen LogP contribution in [-0.2, 0) is 11.4 Å². The second-order valence-corrected chi connectivity index (χ2v) is 6.79. The average molecular weight is 321 g/mol. The predicted molar refractivity (Wildman–Crippen MR) is 85.6 cm³/mol. The first-order chi connectivity index (χ1) is 11.3. The highest BCUT2D eigenvalue weighted by Gasteiger charge is 2.28. The average Bonchev–Trinajstić information content (AvgIpc) is 3.00. The standard InChI is InChI=1S/C16H27N5O2/c22-11-13-10-21(20-19-13)15-7-2-1-6-14(15)17-9-16(23)18-8-12-4-3-5-12/h10,12,14-15,17,22H,1-9,11H2,(H,18,23)/t14-,15+/m0/s1. The molecule has 1 amide bonds. The molecule has 1 heterocycles. The minimum Gasteiger partial charge on any atom is -0.390 e. The Morgan fingerprint density at radius 1 is 1.26 bits per heavy atom. The number of rotatable bonds is 7. The summed E-state index contributed by atoms with van der Waals surface area (Å²) >= 11 is 0. The monoisotopic (exact) mass is 321 g/mol. The Labute approximate surface area is 136 Å². The van der Waals surface area contributed by atoms with Gasteiger partial charge in [0, 0.05) is 12.6 Å². The zero-order valence-corrected chi connectivity index (χ0v) is 13.6. The molecule has 0 aromatic carbocycles. The summed E-state index contributed by atoms with van der Waals surface area (Å²) in [6, 6.07) is 0.433. The summed E-state index contributed by atoms with van der Waals surface area (Å²) in [6.45, 7) is 1.08. The van der Waals surface area contributed by atoms with E-state index in [4.69, 9.17) is 5.11 Å². The number of aliphatic hydroxyl groups excluding tert-OH is 1. The van der Waals surface area contributed by atoms with Crippen LogP contribution in [0.25, 0.3) is 0 Å². The van der Waals surface area contributed by atoms with Crippen LogP contribution >= 0.6 is 0 Å². The van der Waals surface area contributed by atoms with Gasteiger partial charge in [-0.15, -0.1) is 5.10 Å². The lowest BCUT2D eigenvalue weighted by atomic mass is 9.85. The van der Waals surface area contributed by atoms with Crippen LogP contribution < -0.4 is 10.6 Å². The van der Waals surface area contributed by atoms with Crippen molar-refractivity contribution in [2.45, 2.75) is 63.6 Å². The van der Waals surface area contributed by atoms with E-state index in [0.29, 0.717) is 18.2 Å². The molecule has 0 unspecified atom stereocenters. The number of hydrogen-bond acceptors (Lipinski definition) is 5. The Kier molecular flexibility index (Phi) is 5.61. The van der Waals surface area contributed by atoms with Crippen molar-refractivity contribution in [2.75, 3.05) is 13.1 Å². The molecule has 2 saturated carbocycles. The van der Waals surface area contributed by atoms with Gasteiger partial charge in [-0.1, -0.05) is 24.5 Å². The highest BCUT2D eigenvalue weighted by atomic mass is 16.3. The molecule has 1 aromatic heterocycles. The molecule has 3 N–H and O–H groups in total. The van der Waals surface area contributed by atoms with Gasteiger partial charge < -0.3 is 15.7 Å². The summed E-state index contributed by atoms with van der Waals surface area (Å²) in [5, 5.41) is 23.6. The van der Waals surface area contributed by atoms with E-state index < -0.39 is 0 Å². The summed E-state index contributed by atoms with van der Waals surface area (Å²) in [5.41, 5.74) is 0.590. The molecule has 2 atom stereocenters. The lowest BCUT2D eigenvalue weighted by molar-refractivity contribution is -0.120. The SMILES string of the molecule is O=C(CN[C@H]1CCCC[C@H]1n1cc(CO)nn1)NCC1CCC1. The van der Waals surface area contributed by atoms with E-state index in [1.807, 2.05) is 4.68 Å². The van der Waals surface area contributed by atoms with Gasteiger partial charge in [0.05, 0.1) is 25.4 Å². The van der Waals surface area contributed by atoms with Crippen LogP contribution in [0.2, 0.25) is 0 Å². The van der Waals surface area contributed by atoms with Crippen molar-refractivity contribution in [3.63, 3.8) is 0 Å². The topological polar surface area (TPSA) is 92.1 Å². The number of aliphatic hydroxyl groups is 1. The zero-order chi connectivity index (χ0) is 16.1. The molecule has 2 fully saturated rings. The first-order valence-corrected chi connectivity index (χ1v) is 8.78. The molecule has 128 valence electrons. The Bertz CT molecular complexity index is 514. The number of hydrogen-bond donors (Lipinski definition) is 3. The number of amides is 1. The zero-order valence-electron chi connectivity index (χ0n) is 13.6. The van der Waals surface area contributed by atoms with Crippen LogP contribution in [0.4, 0.5) is 0 Å². The van der Waals surface area contributed by atoms with Gasteiger partial charge in [-0.2, -0.15) is 0 Å². The van der Waals surface area contributed by atoms with E-state index in [-0.39, 0.29) is 24.6 Å². The highest BCUT2D eigenvalue weighted by Crippen LogP contribution is 2.28. The fourth-order valence-corrected chi connectivity index (χ4v) is 3.46. The maximum atomic E-state index is 12.0. The van der Waals surface area contributed by atoms with Gasteiger partial charge in [-0.3, -0.25) is 4.79 Å². The molecule has 2 aliphatic rings. The van der Waals surface area contributed by atoms with E-state index in [1.165, 1.54) is 25.7 Å². The van der Waals surface area contributed by atoms with Crippen molar-refractivity contribution in [3.05, 3.63) is 11.9 Å². The largest absolute Gasteiger partial charge is 0.390 e. The van der Waals surface area contributed by atoms with Crippen LogP contribution in [-0.4, -0.2) is 45.1 Å². The minimum atomic E-state index is -0.0889. The minimum absolute atomic E-state index is 0.0795. The number of carbonyl (C=O) groups excluding carboxylic acids is 1. The third-order valence-corrected chi connectivity index (χ3v) is 5.13. The molecule has 3 rings (SSSR count). The molecule has 0 saturated heterocycles. The first-order valence-electron chi connectivity index (χ1n) is 8.78. The molecule has 0 aliphatic heterocycles. The molecule has 7 nitrogen and oxygen atoms in total. The lowest BCUT2D eigenvalue weighted by Crippen LogP contribution is -2.45.